The summed E-state index contributed by atoms with van der Waals surface area (Å²) in [5.74, 6) is 0.426. The third-order valence-corrected chi connectivity index (χ3v) is 8.12. The fourth-order valence-corrected chi connectivity index (χ4v) is 6.43. The lowest BCUT2D eigenvalue weighted by molar-refractivity contribution is 0.476. The summed E-state index contributed by atoms with van der Waals surface area (Å²) < 4.78 is 23.9. The van der Waals surface area contributed by atoms with Crippen LogP contribution in [0.25, 0.3) is 5.57 Å². The molecule has 1 atom stereocenters. The molecule has 0 saturated heterocycles. The third kappa shape index (κ3) is 6.95. The second-order valence-corrected chi connectivity index (χ2v) is 12.3. The molecule has 1 N–H and O–H groups in total. The number of fused-ring (bicyclic) bond motifs is 1. The van der Waals surface area contributed by atoms with Crippen molar-refractivity contribution in [1.82, 2.24) is 0 Å². The van der Waals surface area contributed by atoms with E-state index in [1.807, 2.05) is 12.3 Å². The van der Waals surface area contributed by atoms with Crippen LogP contribution in [0.5, 0.6) is 0 Å². The van der Waals surface area contributed by atoms with E-state index in [1.54, 1.807) is 6.08 Å². The van der Waals surface area contributed by atoms with Crippen molar-refractivity contribution >= 4 is 32.5 Å². The molecule has 1 aliphatic carbocycles. The molecule has 0 amide bonds. The fraction of sp³-hybridized carbons (Fsp3) is 0.400. The first-order chi connectivity index (χ1) is 17.3. The predicted octanol–water partition coefficient (Wildman–Crippen LogP) is 6.71. The van der Waals surface area contributed by atoms with Crippen LogP contribution in [0.1, 0.15) is 60.8 Å². The Morgan fingerprint density at radius 1 is 1.14 bits per heavy atom. The van der Waals surface area contributed by atoms with Gasteiger partial charge in [0.05, 0.1) is 5.75 Å². The summed E-state index contributed by atoms with van der Waals surface area (Å²) in [4.78, 5) is 4.43. The zero-order valence-electron chi connectivity index (χ0n) is 21.3. The van der Waals surface area contributed by atoms with Gasteiger partial charge in [-0.15, -0.1) is 0 Å². The Balaban J connectivity index is 1.63. The fourth-order valence-electron chi connectivity index (χ4n) is 5.29. The highest BCUT2D eigenvalue weighted by Crippen LogP contribution is 2.33. The van der Waals surface area contributed by atoms with Crippen LogP contribution in [0.3, 0.4) is 0 Å². The highest BCUT2D eigenvalue weighted by atomic mass is 32.2. The van der Waals surface area contributed by atoms with Crippen molar-refractivity contribution in [2.75, 3.05) is 17.3 Å². The number of rotatable bonds is 5. The van der Waals surface area contributed by atoms with Crippen LogP contribution in [0.15, 0.2) is 59.7 Å². The summed E-state index contributed by atoms with van der Waals surface area (Å²) >= 11 is 0. The van der Waals surface area contributed by atoms with Crippen LogP contribution in [0.2, 0.25) is 0 Å². The topological polar surface area (TPSA) is 82.3 Å². The molecule has 36 heavy (non-hydrogen) atoms. The molecule has 4 rings (SSSR count). The van der Waals surface area contributed by atoms with Crippen molar-refractivity contribution in [3.05, 3.63) is 77.0 Å². The summed E-state index contributed by atoms with van der Waals surface area (Å²) in [5, 5.41) is 13.0. The zero-order valence-corrected chi connectivity index (χ0v) is 22.1. The number of aryl methyl sites for hydroxylation is 1. The Labute approximate surface area is 215 Å². The van der Waals surface area contributed by atoms with E-state index in [9.17, 15) is 13.7 Å². The average Bonchev–Trinajstić information content (AvgIpc) is 2.93. The molecule has 188 valence electrons. The first kappa shape index (κ1) is 25.9. The quantitative estimate of drug-likeness (QED) is 0.493. The molecule has 0 bridgehead atoms. The minimum Gasteiger partial charge on any atom is -0.355 e. The number of allylic oxidation sites excluding steroid dienone is 3. The number of benzene rings is 2. The Kier molecular flexibility index (Phi) is 8.43. The smallest absolute Gasteiger partial charge is 0.147 e. The molecule has 2 aromatic carbocycles. The van der Waals surface area contributed by atoms with Gasteiger partial charge in [-0.1, -0.05) is 30.7 Å². The van der Waals surface area contributed by atoms with Crippen LogP contribution < -0.4 is 5.32 Å². The van der Waals surface area contributed by atoms with Crippen LogP contribution in [-0.2, 0) is 22.7 Å². The SMILES string of the molecule is Cc1ccc(Nc2cccc3c2CCCCC(CS(C)(=O)=O)C3)cc1C1=CN=C(C#N)C=CCCC1. The molecule has 0 spiro atoms. The molecule has 2 aliphatic rings. The summed E-state index contributed by atoms with van der Waals surface area (Å²) in [6.07, 6.45) is 14.7. The predicted molar refractivity (Wildman–Crippen MR) is 149 cm³/mol. The number of nitrogens with one attached hydrogen (secondary N) is 1. The van der Waals surface area contributed by atoms with E-state index in [0.29, 0.717) is 5.71 Å². The van der Waals surface area contributed by atoms with E-state index < -0.39 is 9.84 Å². The molecular formula is C30H35N3O2S. The number of sulfone groups is 1. The minimum atomic E-state index is -3.00. The molecule has 6 heteroatoms. The maximum atomic E-state index is 12.0. The Hall–Kier alpha value is -3.17. The number of hydrogen-bond donors (Lipinski definition) is 1. The molecule has 0 fully saturated rings. The average molecular weight is 502 g/mol. The van der Waals surface area contributed by atoms with Crippen molar-refractivity contribution in [2.24, 2.45) is 10.9 Å². The van der Waals surface area contributed by atoms with Crippen LogP contribution in [0, 0.1) is 24.2 Å². The van der Waals surface area contributed by atoms with Crippen molar-refractivity contribution in [1.29, 1.82) is 5.26 Å². The molecule has 5 nitrogen and oxygen atoms in total. The first-order valence-corrected chi connectivity index (χ1v) is 14.9. The summed E-state index contributed by atoms with van der Waals surface area (Å²) in [5.41, 5.74) is 8.56. The molecule has 0 radical (unpaired) electrons. The van der Waals surface area contributed by atoms with E-state index >= 15 is 0 Å². The van der Waals surface area contributed by atoms with Gasteiger partial charge >= 0.3 is 0 Å². The van der Waals surface area contributed by atoms with Crippen molar-refractivity contribution in [3.63, 3.8) is 0 Å². The zero-order chi connectivity index (χ0) is 25.5. The van der Waals surface area contributed by atoms with Gasteiger partial charge in [0.15, 0.2) is 0 Å². The molecular weight excluding hydrogens is 466 g/mol. The normalized spacial score (nSPS) is 18.8. The van der Waals surface area contributed by atoms with Crippen molar-refractivity contribution in [2.45, 2.75) is 58.3 Å². The highest BCUT2D eigenvalue weighted by molar-refractivity contribution is 7.90. The Morgan fingerprint density at radius 2 is 2.00 bits per heavy atom. The Bertz CT molecular complexity index is 1350. The molecule has 0 aromatic heterocycles. The molecule has 2 aromatic rings. The lowest BCUT2D eigenvalue weighted by Crippen LogP contribution is -2.19. The van der Waals surface area contributed by atoms with E-state index in [4.69, 9.17) is 0 Å². The van der Waals surface area contributed by atoms with Gasteiger partial charge in [-0.25, -0.2) is 13.4 Å². The minimum absolute atomic E-state index is 0.170. The van der Waals surface area contributed by atoms with Crippen LogP contribution in [-0.4, -0.2) is 26.1 Å². The van der Waals surface area contributed by atoms with Gasteiger partial charge in [0.25, 0.3) is 0 Å². The molecule has 0 saturated carbocycles. The standard InChI is InChI=1S/C30H35N3O2S/c1-22-15-16-26(18-29(22)25-10-4-3-5-12-27(19-31)32-20-25)33-30-14-8-11-24-17-23(21-36(2,34)35)9-6-7-13-28(24)30/h5,8,11-12,14-16,18,20,23,33H,3-4,6-7,9-10,13,17,21H2,1-2H3. The largest absolute Gasteiger partial charge is 0.355 e. The third-order valence-electron chi connectivity index (χ3n) is 7.04. The highest BCUT2D eigenvalue weighted by Gasteiger charge is 2.21. The monoisotopic (exact) mass is 501 g/mol. The van der Waals surface area contributed by atoms with Gasteiger partial charge in [0.2, 0.25) is 0 Å². The summed E-state index contributed by atoms with van der Waals surface area (Å²) in [6, 6.07) is 14.9. The van der Waals surface area contributed by atoms with Crippen LogP contribution >= 0.6 is 0 Å². The number of nitriles is 1. The molecule has 1 unspecified atom stereocenters. The van der Waals surface area contributed by atoms with E-state index in [2.05, 4.69) is 59.7 Å². The van der Waals surface area contributed by atoms with Gasteiger partial charge < -0.3 is 5.32 Å². The summed E-state index contributed by atoms with van der Waals surface area (Å²) in [7, 11) is -3.00. The van der Waals surface area contributed by atoms with E-state index in [1.165, 1.54) is 22.9 Å². The lowest BCUT2D eigenvalue weighted by atomic mass is 9.86. The van der Waals surface area contributed by atoms with Gasteiger partial charge in [-0.2, -0.15) is 5.26 Å². The van der Waals surface area contributed by atoms with Gasteiger partial charge in [0.1, 0.15) is 21.6 Å². The van der Waals surface area contributed by atoms with E-state index in [-0.39, 0.29) is 11.7 Å². The van der Waals surface area contributed by atoms with Gasteiger partial charge in [-0.05, 0) is 110 Å². The van der Waals surface area contributed by atoms with Crippen LogP contribution in [0.4, 0.5) is 11.4 Å². The number of aliphatic imine (C=N–C) groups is 1. The molecule has 1 heterocycles. The molecule has 1 aliphatic heterocycles. The van der Waals surface area contributed by atoms with Gasteiger partial charge in [0, 0.05) is 23.8 Å². The number of nitrogens with zero attached hydrogens (tertiary/aromatic N) is 2. The number of hydrogen-bond acceptors (Lipinski definition) is 5. The Morgan fingerprint density at radius 3 is 2.81 bits per heavy atom. The summed E-state index contributed by atoms with van der Waals surface area (Å²) in [6.45, 7) is 2.11. The maximum Gasteiger partial charge on any atom is 0.147 e. The second-order valence-electron chi connectivity index (χ2n) is 10.1. The van der Waals surface area contributed by atoms with Crippen molar-refractivity contribution < 1.29 is 8.42 Å². The second kappa shape index (κ2) is 11.7. The van der Waals surface area contributed by atoms with Crippen molar-refractivity contribution in [3.8, 4) is 6.07 Å². The number of anilines is 2. The maximum absolute atomic E-state index is 12.0. The lowest BCUT2D eigenvalue weighted by Gasteiger charge is -2.24. The van der Waals surface area contributed by atoms with E-state index in [0.717, 1.165) is 73.9 Å². The van der Waals surface area contributed by atoms with Gasteiger partial charge in [-0.3, -0.25) is 0 Å². The first-order valence-electron chi connectivity index (χ1n) is 12.8.